The molecule has 1 fully saturated rings. The van der Waals surface area contributed by atoms with E-state index in [9.17, 15) is 4.79 Å². The molecule has 1 heterocycles. The summed E-state index contributed by atoms with van der Waals surface area (Å²) in [7, 11) is 0. The smallest absolute Gasteiger partial charge is 0.319 e. The molecule has 4 nitrogen and oxygen atoms in total. The van der Waals surface area contributed by atoms with Gasteiger partial charge in [0.1, 0.15) is 0 Å². The maximum atomic E-state index is 12.2. The Morgan fingerprint density at radius 3 is 2.46 bits per heavy atom. The zero-order valence-electron chi connectivity index (χ0n) is 15.5. The van der Waals surface area contributed by atoms with Gasteiger partial charge in [-0.3, -0.25) is 0 Å². The Kier molecular flexibility index (Phi) is 6.45. The SMILES string of the molecule is CC(C)c1ccccc1NC(=O)NCc1ccc(N2CCSCC2)cc1. The van der Waals surface area contributed by atoms with Gasteiger partial charge in [-0.15, -0.1) is 0 Å². The monoisotopic (exact) mass is 369 g/mol. The highest BCUT2D eigenvalue weighted by Crippen LogP contribution is 2.23. The number of hydrogen-bond acceptors (Lipinski definition) is 3. The summed E-state index contributed by atoms with van der Waals surface area (Å²) in [6, 6.07) is 16.3. The Labute approximate surface area is 160 Å². The Balaban J connectivity index is 1.53. The van der Waals surface area contributed by atoms with Gasteiger partial charge in [0.25, 0.3) is 0 Å². The molecule has 3 rings (SSSR count). The summed E-state index contributed by atoms with van der Waals surface area (Å²) >= 11 is 2.01. The first kappa shape index (κ1) is 18.6. The van der Waals surface area contributed by atoms with Crippen molar-refractivity contribution in [2.24, 2.45) is 0 Å². The van der Waals surface area contributed by atoms with Crippen molar-refractivity contribution >= 4 is 29.2 Å². The first-order valence-electron chi connectivity index (χ1n) is 9.19. The molecule has 138 valence electrons. The van der Waals surface area contributed by atoms with Crippen molar-refractivity contribution in [3.8, 4) is 0 Å². The fraction of sp³-hybridized carbons (Fsp3) is 0.381. The van der Waals surface area contributed by atoms with Crippen molar-refractivity contribution in [1.29, 1.82) is 0 Å². The number of carbonyl (C=O) groups excluding carboxylic acids is 1. The fourth-order valence-electron chi connectivity index (χ4n) is 3.11. The average Bonchev–Trinajstić information content (AvgIpc) is 2.68. The quantitative estimate of drug-likeness (QED) is 0.804. The van der Waals surface area contributed by atoms with Gasteiger partial charge in [0.2, 0.25) is 0 Å². The van der Waals surface area contributed by atoms with Gasteiger partial charge in [0.15, 0.2) is 0 Å². The minimum Gasteiger partial charge on any atom is -0.370 e. The summed E-state index contributed by atoms with van der Waals surface area (Å²) < 4.78 is 0. The molecule has 0 aliphatic carbocycles. The molecule has 2 aromatic carbocycles. The zero-order chi connectivity index (χ0) is 18.4. The van der Waals surface area contributed by atoms with Crippen LogP contribution < -0.4 is 15.5 Å². The minimum atomic E-state index is -0.171. The highest BCUT2D eigenvalue weighted by molar-refractivity contribution is 7.99. The average molecular weight is 370 g/mol. The summed E-state index contributed by atoms with van der Waals surface area (Å²) in [4.78, 5) is 14.7. The molecule has 0 radical (unpaired) electrons. The molecule has 1 saturated heterocycles. The number of carbonyl (C=O) groups is 1. The highest BCUT2D eigenvalue weighted by Gasteiger charge is 2.11. The van der Waals surface area contributed by atoms with Crippen molar-refractivity contribution < 1.29 is 4.79 Å². The van der Waals surface area contributed by atoms with E-state index in [1.54, 1.807) is 0 Å². The molecule has 2 amide bonds. The largest absolute Gasteiger partial charge is 0.370 e. The molecule has 1 aliphatic rings. The Morgan fingerprint density at radius 1 is 1.08 bits per heavy atom. The Bertz CT molecular complexity index is 724. The van der Waals surface area contributed by atoms with Crippen molar-refractivity contribution in [3.05, 3.63) is 59.7 Å². The molecule has 0 atom stereocenters. The lowest BCUT2D eigenvalue weighted by molar-refractivity contribution is 0.251. The standard InChI is InChI=1S/C21H27N3OS/c1-16(2)19-5-3-4-6-20(19)23-21(25)22-15-17-7-9-18(10-8-17)24-11-13-26-14-12-24/h3-10,16H,11-15H2,1-2H3,(H2,22,23,25). The number of urea groups is 1. The number of anilines is 2. The normalized spacial score (nSPS) is 14.3. The first-order chi connectivity index (χ1) is 12.6. The Morgan fingerprint density at radius 2 is 1.77 bits per heavy atom. The van der Waals surface area contributed by atoms with Crippen LogP contribution in [0.15, 0.2) is 48.5 Å². The number of benzene rings is 2. The number of para-hydroxylation sites is 1. The molecule has 0 spiro atoms. The van der Waals surface area contributed by atoms with Crippen LogP contribution in [0.1, 0.15) is 30.9 Å². The van der Waals surface area contributed by atoms with E-state index >= 15 is 0 Å². The lowest BCUT2D eigenvalue weighted by atomic mass is 10.0. The topological polar surface area (TPSA) is 44.4 Å². The number of hydrogen-bond donors (Lipinski definition) is 2. The summed E-state index contributed by atoms with van der Waals surface area (Å²) in [5.74, 6) is 2.76. The number of rotatable bonds is 5. The first-order valence-corrected chi connectivity index (χ1v) is 10.3. The zero-order valence-corrected chi connectivity index (χ0v) is 16.3. The summed E-state index contributed by atoms with van der Waals surface area (Å²) in [6.45, 7) is 6.99. The van der Waals surface area contributed by atoms with E-state index < -0.39 is 0 Å². The van der Waals surface area contributed by atoms with Crippen molar-refractivity contribution in [2.45, 2.75) is 26.3 Å². The number of nitrogens with one attached hydrogen (secondary N) is 2. The van der Waals surface area contributed by atoms with E-state index in [2.05, 4.69) is 59.7 Å². The van der Waals surface area contributed by atoms with E-state index in [1.807, 2.05) is 30.0 Å². The second-order valence-electron chi connectivity index (χ2n) is 6.82. The predicted octanol–water partition coefficient (Wildman–Crippen LogP) is 4.68. The molecule has 0 bridgehead atoms. The minimum absolute atomic E-state index is 0.171. The predicted molar refractivity (Wildman–Crippen MR) is 112 cm³/mol. The van der Waals surface area contributed by atoms with Gasteiger partial charge in [0.05, 0.1) is 0 Å². The van der Waals surface area contributed by atoms with Crippen LogP contribution in [0.5, 0.6) is 0 Å². The van der Waals surface area contributed by atoms with E-state index in [0.29, 0.717) is 12.5 Å². The van der Waals surface area contributed by atoms with E-state index in [1.165, 1.54) is 17.2 Å². The van der Waals surface area contributed by atoms with Gasteiger partial charge in [0, 0.05) is 42.5 Å². The number of nitrogens with zero attached hydrogens (tertiary/aromatic N) is 1. The van der Waals surface area contributed by atoms with Crippen LogP contribution in [0, 0.1) is 0 Å². The van der Waals surface area contributed by atoms with Crippen molar-refractivity contribution in [3.63, 3.8) is 0 Å². The maximum absolute atomic E-state index is 12.2. The molecule has 5 heteroatoms. The highest BCUT2D eigenvalue weighted by atomic mass is 32.2. The number of amides is 2. The van der Waals surface area contributed by atoms with Gasteiger partial charge < -0.3 is 15.5 Å². The van der Waals surface area contributed by atoms with Crippen LogP contribution in [0.3, 0.4) is 0 Å². The van der Waals surface area contributed by atoms with Gasteiger partial charge in [-0.2, -0.15) is 11.8 Å². The third kappa shape index (κ3) is 4.94. The summed E-state index contributed by atoms with van der Waals surface area (Å²) in [6.07, 6.45) is 0. The van der Waals surface area contributed by atoms with Crippen LogP contribution in [-0.2, 0) is 6.54 Å². The van der Waals surface area contributed by atoms with Crippen LogP contribution >= 0.6 is 11.8 Å². The molecule has 0 saturated carbocycles. The lowest BCUT2D eigenvalue weighted by Crippen LogP contribution is -2.32. The van der Waals surface area contributed by atoms with E-state index in [0.717, 1.165) is 29.9 Å². The molecule has 2 aromatic rings. The Hall–Kier alpha value is -2.14. The maximum Gasteiger partial charge on any atom is 0.319 e. The third-order valence-corrected chi connectivity index (χ3v) is 5.54. The van der Waals surface area contributed by atoms with Crippen LogP contribution in [0.4, 0.5) is 16.2 Å². The number of thioether (sulfide) groups is 1. The van der Waals surface area contributed by atoms with Crippen LogP contribution in [-0.4, -0.2) is 30.6 Å². The van der Waals surface area contributed by atoms with Crippen molar-refractivity contribution in [2.75, 3.05) is 34.8 Å². The van der Waals surface area contributed by atoms with E-state index in [4.69, 9.17) is 0 Å². The lowest BCUT2D eigenvalue weighted by Gasteiger charge is -2.28. The molecule has 0 aromatic heterocycles. The van der Waals surface area contributed by atoms with Gasteiger partial charge in [-0.05, 0) is 35.2 Å². The van der Waals surface area contributed by atoms with Crippen LogP contribution in [0.2, 0.25) is 0 Å². The second-order valence-corrected chi connectivity index (χ2v) is 8.04. The van der Waals surface area contributed by atoms with Crippen LogP contribution in [0.25, 0.3) is 0 Å². The van der Waals surface area contributed by atoms with Gasteiger partial charge in [-0.25, -0.2) is 4.79 Å². The second kappa shape index (κ2) is 8.99. The molecule has 26 heavy (non-hydrogen) atoms. The molecular weight excluding hydrogens is 342 g/mol. The third-order valence-electron chi connectivity index (χ3n) is 4.60. The summed E-state index contributed by atoms with van der Waals surface area (Å²) in [5.41, 5.74) is 4.39. The van der Waals surface area contributed by atoms with E-state index in [-0.39, 0.29) is 6.03 Å². The fourth-order valence-corrected chi connectivity index (χ4v) is 4.01. The summed E-state index contributed by atoms with van der Waals surface area (Å²) in [5, 5.41) is 5.91. The molecule has 0 unspecified atom stereocenters. The van der Waals surface area contributed by atoms with Gasteiger partial charge in [-0.1, -0.05) is 44.2 Å². The molecule has 1 aliphatic heterocycles. The molecular formula is C21H27N3OS. The van der Waals surface area contributed by atoms with Crippen molar-refractivity contribution in [1.82, 2.24) is 5.32 Å². The molecule has 2 N–H and O–H groups in total. The van der Waals surface area contributed by atoms with Gasteiger partial charge >= 0.3 is 6.03 Å².